The number of aryl methyl sites for hydroxylation is 1. The van der Waals surface area contributed by atoms with E-state index in [0.717, 1.165) is 16.1 Å². The first-order valence-electron chi connectivity index (χ1n) is 11.1. The van der Waals surface area contributed by atoms with Crippen LogP contribution in [0.4, 0.5) is 9.59 Å². The van der Waals surface area contributed by atoms with E-state index in [2.05, 4.69) is 19.1 Å². The maximum absolute atomic E-state index is 12.4. The summed E-state index contributed by atoms with van der Waals surface area (Å²) in [5.74, 6) is -0.479. The molecular weight excluding hydrogens is 432 g/mol. The van der Waals surface area contributed by atoms with E-state index < -0.39 is 24.1 Å². The van der Waals surface area contributed by atoms with Gasteiger partial charge in [0.25, 0.3) is 5.91 Å². The Balaban J connectivity index is 0.000000396. The van der Waals surface area contributed by atoms with Gasteiger partial charge in [0.1, 0.15) is 19.3 Å². The Labute approximate surface area is 199 Å². The van der Waals surface area contributed by atoms with Crippen LogP contribution in [0.1, 0.15) is 30.0 Å². The zero-order chi connectivity index (χ0) is 24.3. The Bertz CT molecular complexity index is 1070. The lowest BCUT2D eigenvalue weighted by Gasteiger charge is -2.45. The fourth-order valence-electron chi connectivity index (χ4n) is 3.27. The van der Waals surface area contributed by atoms with Crippen molar-refractivity contribution in [2.75, 3.05) is 0 Å². The molecule has 3 aromatic rings. The molecule has 4 rings (SSSR count). The van der Waals surface area contributed by atoms with Crippen molar-refractivity contribution in [1.82, 2.24) is 10.0 Å². The summed E-state index contributed by atoms with van der Waals surface area (Å²) in [7, 11) is 0. The minimum atomic E-state index is -0.898. The summed E-state index contributed by atoms with van der Waals surface area (Å²) in [5.41, 5.74) is 2.91. The predicted octanol–water partition coefficient (Wildman–Crippen LogP) is 5.49. The smallest absolute Gasteiger partial charge is 0.436 e. The first-order chi connectivity index (χ1) is 16.5. The molecule has 1 heterocycles. The molecule has 7 nitrogen and oxygen atoms in total. The Morgan fingerprint density at radius 3 is 1.59 bits per heavy atom. The molecule has 176 valence electrons. The highest BCUT2D eigenvalue weighted by Crippen LogP contribution is 2.26. The summed E-state index contributed by atoms with van der Waals surface area (Å²) in [4.78, 5) is 36.9. The third-order valence-electron chi connectivity index (χ3n) is 5.10. The van der Waals surface area contributed by atoms with E-state index >= 15 is 0 Å². The number of rotatable bonds is 5. The maximum Gasteiger partial charge on any atom is 0.436 e. The van der Waals surface area contributed by atoms with Crippen molar-refractivity contribution in [1.29, 1.82) is 0 Å². The van der Waals surface area contributed by atoms with Gasteiger partial charge in [-0.3, -0.25) is 4.79 Å². The van der Waals surface area contributed by atoms with Crippen molar-refractivity contribution in [2.45, 2.75) is 39.5 Å². The largest absolute Gasteiger partial charge is 0.443 e. The minimum absolute atomic E-state index is 0.00709. The lowest BCUT2D eigenvalue weighted by atomic mass is 10.1. The van der Waals surface area contributed by atoms with E-state index in [4.69, 9.17) is 9.47 Å². The molecule has 3 amide bonds. The molecular formula is C27H28N2O5. The molecule has 0 aliphatic carbocycles. The molecule has 1 aliphatic heterocycles. The summed E-state index contributed by atoms with van der Waals surface area (Å²) in [6.07, 6.45) is -1.28. The van der Waals surface area contributed by atoms with Crippen molar-refractivity contribution < 1.29 is 23.9 Å². The molecule has 0 N–H and O–H groups in total. The van der Waals surface area contributed by atoms with E-state index in [1.54, 1.807) is 19.1 Å². The molecule has 3 aromatic carbocycles. The molecule has 0 bridgehead atoms. The zero-order valence-corrected chi connectivity index (χ0v) is 19.3. The second kappa shape index (κ2) is 12.2. The number of amides is 3. The van der Waals surface area contributed by atoms with Gasteiger partial charge in [0.05, 0.1) is 0 Å². The fraction of sp³-hybridized carbons (Fsp3) is 0.222. The minimum Gasteiger partial charge on any atom is -0.443 e. The third-order valence-corrected chi connectivity index (χ3v) is 5.10. The number of hydrogen-bond acceptors (Lipinski definition) is 5. The molecule has 0 radical (unpaired) electrons. The molecule has 0 aromatic heterocycles. The molecule has 1 fully saturated rings. The van der Waals surface area contributed by atoms with Crippen molar-refractivity contribution in [3.63, 3.8) is 0 Å². The highest BCUT2D eigenvalue weighted by Gasteiger charge is 2.52. The molecule has 0 unspecified atom stereocenters. The number of benzene rings is 3. The van der Waals surface area contributed by atoms with Crippen molar-refractivity contribution in [3.8, 4) is 0 Å². The normalized spacial score (nSPS) is 14.4. The molecule has 1 aliphatic rings. The van der Waals surface area contributed by atoms with Gasteiger partial charge < -0.3 is 9.47 Å². The number of imide groups is 1. The molecule has 34 heavy (non-hydrogen) atoms. The number of carbonyl (C=O) groups excluding carboxylic acids is 3. The van der Waals surface area contributed by atoms with E-state index in [-0.39, 0.29) is 13.2 Å². The van der Waals surface area contributed by atoms with Crippen LogP contribution in [-0.2, 0) is 27.5 Å². The van der Waals surface area contributed by atoms with Crippen LogP contribution in [-0.4, -0.2) is 34.2 Å². The van der Waals surface area contributed by atoms with Gasteiger partial charge in [0.15, 0.2) is 0 Å². The Hall–Kier alpha value is -4.13. The second-order valence-corrected chi connectivity index (χ2v) is 7.65. The van der Waals surface area contributed by atoms with Crippen LogP contribution in [0.5, 0.6) is 0 Å². The highest BCUT2D eigenvalue weighted by atomic mass is 16.6. The first kappa shape index (κ1) is 24.5. The Morgan fingerprint density at radius 1 is 0.735 bits per heavy atom. The van der Waals surface area contributed by atoms with E-state index in [1.807, 2.05) is 66.7 Å². The number of ether oxygens (including phenoxy) is 2. The molecule has 0 saturated carbocycles. The number of hydrazine groups is 1. The van der Waals surface area contributed by atoms with Gasteiger partial charge in [-0.1, -0.05) is 103 Å². The van der Waals surface area contributed by atoms with Crippen LogP contribution in [0.25, 0.3) is 0 Å². The second-order valence-electron chi connectivity index (χ2n) is 7.65. The summed E-state index contributed by atoms with van der Waals surface area (Å²) < 4.78 is 10.4. The first-order valence-corrected chi connectivity index (χ1v) is 11.1. The van der Waals surface area contributed by atoms with Gasteiger partial charge in [-0.2, -0.15) is 5.01 Å². The van der Waals surface area contributed by atoms with Crippen LogP contribution in [0.3, 0.4) is 0 Å². The number of nitrogens with zero attached hydrogens (tertiary/aromatic N) is 2. The topological polar surface area (TPSA) is 76.2 Å². The summed E-state index contributed by atoms with van der Waals surface area (Å²) in [5, 5.41) is 1.71. The van der Waals surface area contributed by atoms with Gasteiger partial charge in [0, 0.05) is 0 Å². The monoisotopic (exact) mass is 460 g/mol. The van der Waals surface area contributed by atoms with Crippen LogP contribution >= 0.6 is 0 Å². The predicted molar refractivity (Wildman–Crippen MR) is 127 cm³/mol. The molecule has 0 spiro atoms. The summed E-state index contributed by atoms with van der Waals surface area (Å²) in [6.45, 7) is 3.90. The average Bonchev–Trinajstić information content (AvgIpc) is 2.87. The summed E-state index contributed by atoms with van der Waals surface area (Å²) in [6, 6.07) is 27.8. The van der Waals surface area contributed by atoms with Crippen LogP contribution in [0.2, 0.25) is 0 Å². The van der Waals surface area contributed by atoms with Crippen molar-refractivity contribution in [2.24, 2.45) is 0 Å². The number of carbonyl (C=O) groups is 3. The quantitative estimate of drug-likeness (QED) is 0.503. The van der Waals surface area contributed by atoms with Gasteiger partial charge in [-0.05, 0) is 24.5 Å². The maximum atomic E-state index is 12.4. The third kappa shape index (κ3) is 6.45. The van der Waals surface area contributed by atoms with Gasteiger partial charge >= 0.3 is 12.2 Å². The van der Waals surface area contributed by atoms with Crippen LogP contribution in [0.15, 0.2) is 91.0 Å². The van der Waals surface area contributed by atoms with Crippen LogP contribution < -0.4 is 0 Å². The lowest BCUT2D eigenvalue weighted by Crippen LogP contribution is -2.71. The van der Waals surface area contributed by atoms with Gasteiger partial charge in [-0.25, -0.2) is 9.59 Å². The Morgan fingerprint density at radius 2 is 1.18 bits per heavy atom. The molecule has 1 atom stereocenters. The lowest BCUT2D eigenvalue weighted by molar-refractivity contribution is -0.178. The highest BCUT2D eigenvalue weighted by molar-refractivity contribution is 6.03. The van der Waals surface area contributed by atoms with Crippen molar-refractivity contribution >= 4 is 18.1 Å². The Kier molecular flexibility index (Phi) is 8.80. The van der Waals surface area contributed by atoms with E-state index in [9.17, 15) is 14.4 Å². The SMILES string of the molecule is CC[C@H]1C(=O)N(C(=O)OCc2ccccc2)N1C(=O)OCc1ccccc1.Cc1ccccc1. The van der Waals surface area contributed by atoms with Crippen molar-refractivity contribution in [3.05, 3.63) is 108 Å². The zero-order valence-electron chi connectivity index (χ0n) is 19.3. The van der Waals surface area contributed by atoms with Gasteiger partial charge in [0.2, 0.25) is 0 Å². The molecule has 1 saturated heterocycles. The fourth-order valence-corrected chi connectivity index (χ4v) is 3.27. The van der Waals surface area contributed by atoms with Gasteiger partial charge in [-0.15, -0.1) is 5.01 Å². The van der Waals surface area contributed by atoms with Crippen LogP contribution in [0, 0.1) is 6.92 Å². The molecule has 7 heteroatoms. The average molecular weight is 461 g/mol. The van der Waals surface area contributed by atoms with E-state index in [0.29, 0.717) is 11.4 Å². The number of hydrogen-bond donors (Lipinski definition) is 0. The standard InChI is InChI=1S/C20H20N2O5.C7H8/c1-2-17-18(23)22(20(25)27-14-16-11-7-4-8-12-16)21(17)19(24)26-13-15-9-5-3-6-10-15;1-7-5-3-2-4-6-7/h3-12,17H,2,13-14H2,1H3;2-6H,1H3/t17-;/m0./s1. The van der Waals surface area contributed by atoms with E-state index in [1.165, 1.54) is 5.56 Å². The summed E-state index contributed by atoms with van der Waals surface area (Å²) >= 11 is 0.